The van der Waals surface area contributed by atoms with E-state index in [2.05, 4.69) is 15.6 Å². The van der Waals surface area contributed by atoms with Crippen LogP contribution in [0.5, 0.6) is 0 Å². The average Bonchev–Trinajstić information content (AvgIpc) is 2.39. The highest BCUT2D eigenvalue weighted by molar-refractivity contribution is 5.94. The fraction of sp³-hybridized carbons (Fsp3) is 0.286. The Morgan fingerprint density at radius 3 is 2.94 bits per heavy atom. The number of hydrogen-bond donors (Lipinski definition) is 2. The lowest BCUT2D eigenvalue weighted by Gasteiger charge is -2.11. The number of nitrogens with zero attached hydrogens (tertiary/aromatic N) is 1. The van der Waals surface area contributed by atoms with Crippen LogP contribution in [0, 0.1) is 5.92 Å². The molecule has 0 aliphatic carbocycles. The molecule has 4 heteroatoms. The Hall–Kier alpha value is -1.94. The number of carbonyl (C=O) groups is 1. The molecule has 0 aliphatic heterocycles. The van der Waals surface area contributed by atoms with Crippen LogP contribution in [0.15, 0.2) is 36.5 Å². The summed E-state index contributed by atoms with van der Waals surface area (Å²) in [4.78, 5) is 16.2. The van der Waals surface area contributed by atoms with Crippen molar-refractivity contribution in [1.82, 2.24) is 10.3 Å². The topological polar surface area (TPSA) is 54.0 Å². The van der Waals surface area contributed by atoms with Crippen molar-refractivity contribution in [2.45, 2.75) is 6.92 Å². The highest BCUT2D eigenvalue weighted by Crippen LogP contribution is 2.16. The Labute approximate surface area is 106 Å². The number of fused-ring (bicyclic) bond motifs is 1. The number of para-hydroxylation sites is 1. The molecule has 0 saturated carbocycles. The summed E-state index contributed by atoms with van der Waals surface area (Å²) in [5.74, 6) is -0.0668. The van der Waals surface area contributed by atoms with Crippen molar-refractivity contribution >= 4 is 22.5 Å². The van der Waals surface area contributed by atoms with Gasteiger partial charge in [0.25, 0.3) is 0 Å². The van der Waals surface area contributed by atoms with Crippen molar-refractivity contribution in [3.63, 3.8) is 0 Å². The van der Waals surface area contributed by atoms with E-state index in [-0.39, 0.29) is 11.8 Å². The van der Waals surface area contributed by atoms with Gasteiger partial charge in [0, 0.05) is 17.8 Å². The smallest absolute Gasteiger partial charge is 0.228 e. The number of rotatable bonds is 4. The third-order valence-electron chi connectivity index (χ3n) is 2.82. The van der Waals surface area contributed by atoms with Crippen LogP contribution in [0.4, 0.5) is 5.69 Å². The summed E-state index contributed by atoms with van der Waals surface area (Å²) in [5.41, 5.74) is 1.67. The molecule has 1 unspecified atom stereocenters. The van der Waals surface area contributed by atoms with Crippen LogP contribution >= 0.6 is 0 Å². The van der Waals surface area contributed by atoms with E-state index >= 15 is 0 Å². The molecule has 94 valence electrons. The van der Waals surface area contributed by atoms with E-state index in [4.69, 9.17) is 0 Å². The van der Waals surface area contributed by atoms with Crippen LogP contribution in [0.1, 0.15) is 6.92 Å². The predicted molar refractivity (Wildman–Crippen MR) is 73.5 cm³/mol. The summed E-state index contributed by atoms with van der Waals surface area (Å²) in [7, 11) is 1.83. The first kappa shape index (κ1) is 12.5. The predicted octanol–water partition coefficient (Wildman–Crippen LogP) is 2.03. The highest BCUT2D eigenvalue weighted by Gasteiger charge is 2.12. The Bertz CT molecular complexity index is 553. The Balaban J connectivity index is 2.14. The number of carbonyl (C=O) groups excluding carboxylic acids is 1. The van der Waals surface area contributed by atoms with E-state index in [1.807, 2.05) is 44.3 Å². The number of nitrogens with one attached hydrogen (secondary N) is 2. The average molecular weight is 243 g/mol. The van der Waals surface area contributed by atoms with E-state index < -0.39 is 0 Å². The molecule has 4 nitrogen and oxygen atoms in total. The molecule has 0 fully saturated rings. The van der Waals surface area contributed by atoms with Crippen LogP contribution in [-0.2, 0) is 4.79 Å². The summed E-state index contributed by atoms with van der Waals surface area (Å²) in [5, 5.41) is 6.89. The molecule has 0 bridgehead atoms. The van der Waals surface area contributed by atoms with Gasteiger partial charge >= 0.3 is 0 Å². The molecule has 2 aromatic rings. The minimum absolute atomic E-state index is 0.00133. The maximum absolute atomic E-state index is 11.9. The quantitative estimate of drug-likeness (QED) is 0.864. The zero-order valence-electron chi connectivity index (χ0n) is 10.6. The van der Waals surface area contributed by atoms with E-state index in [9.17, 15) is 4.79 Å². The van der Waals surface area contributed by atoms with Gasteiger partial charge in [0.05, 0.1) is 17.4 Å². The molecule has 2 N–H and O–H groups in total. The van der Waals surface area contributed by atoms with Gasteiger partial charge in [0.2, 0.25) is 5.91 Å². The molecule has 0 saturated heterocycles. The maximum Gasteiger partial charge on any atom is 0.228 e. The number of pyridine rings is 1. The normalized spacial score (nSPS) is 12.3. The van der Waals surface area contributed by atoms with Crippen molar-refractivity contribution in [2.75, 3.05) is 18.9 Å². The minimum atomic E-state index is -0.0681. The van der Waals surface area contributed by atoms with Gasteiger partial charge < -0.3 is 10.6 Å². The van der Waals surface area contributed by atoms with Crippen LogP contribution in [0.25, 0.3) is 10.9 Å². The van der Waals surface area contributed by atoms with Crippen molar-refractivity contribution in [2.24, 2.45) is 5.92 Å². The summed E-state index contributed by atoms with van der Waals surface area (Å²) in [6.07, 6.45) is 1.69. The molecule has 0 aliphatic rings. The van der Waals surface area contributed by atoms with Crippen molar-refractivity contribution in [1.29, 1.82) is 0 Å². The van der Waals surface area contributed by atoms with Crippen LogP contribution < -0.4 is 10.6 Å². The molecular weight excluding hydrogens is 226 g/mol. The highest BCUT2D eigenvalue weighted by atomic mass is 16.1. The second kappa shape index (κ2) is 5.60. The number of anilines is 1. The van der Waals surface area contributed by atoms with Gasteiger partial charge in [-0.2, -0.15) is 0 Å². The van der Waals surface area contributed by atoms with Gasteiger partial charge in [-0.25, -0.2) is 0 Å². The largest absolute Gasteiger partial charge is 0.324 e. The monoisotopic (exact) mass is 243 g/mol. The van der Waals surface area contributed by atoms with Gasteiger partial charge in [-0.1, -0.05) is 25.1 Å². The Kier molecular flexibility index (Phi) is 3.89. The molecule has 1 atom stereocenters. The molecule has 0 radical (unpaired) electrons. The number of aromatic nitrogens is 1. The fourth-order valence-corrected chi connectivity index (χ4v) is 1.80. The van der Waals surface area contributed by atoms with Crippen LogP contribution in [0.2, 0.25) is 0 Å². The summed E-state index contributed by atoms with van der Waals surface area (Å²) in [6, 6.07) is 9.77. The molecule has 18 heavy (non-hydrogen) atoms. The van der Waals surface area contributed by atoms with Crippen molar-refractivity contribution < 1.29 is 4.79 Å². The number of hydrogen-bond acceptors (Lipinski definition) is 3. The Morgan fingerprint density at radius 2 is 2.17 bits per heavy atom. The van der Waals surface area contributed by atoms with E-state index in [1.54, 1.807) is 6.20 Å². The van der Waals surface area contributed by atoms with E-state index in [0.29, 0.717) is 6.54 Å². The van der Waals surface area contributed by atoms with Crippen LogP contribution in [0.3, 0.4) is 0 Å². The summed E-state index contributed by atoms with van der Waals surface area (Å²) >= 11 is 0. The fourth-order valence-electron chi connectivity index (χ4n) is 1.80. The molecule has 1 amide bonds. The lowest BCUT2D eigenvalue weighted by Crippen LogP contribution is -2.28. The van der Waals surface area contributed by atoms with E-state index in [1.165, 1.54) is 0 Å². The Morgan fingerprint density at radius 1 is 1.39 bits per heavy atom. The van der Waals surface area contributed by atoms with E-state index in [0.717, 1.165) is 16.6 Å². The molecule has 2 rings (SSSR count). The van der Waals surface area contributed by atoms with Crippen molar-refractivity contribution in [3.05, 3.63) is 36.5 Å². The van der Waals surface area contributed by atoms with Gasteiger partial charge in [-0.3, -0.25) is 9.78 Å². The molecule has 1 aromatic heterocycles. The molecule has 1 heterocycles. The summed E-state index contributed by atoms with van der Waals surface area (Å²) in [6.45, 7) is 2.55. The van der Waals surface area contributed by atoms with Crippen LogP contribution in [-0.4, -0.2) is 24.5 Å². The minimum Gasteiger partial charge on any atom is -0.324 e. The van der Waals surface area contributed by atoms with Gasteiger partial charge in [0.15, 0.2) is 0 Å². The third kappa shape index (κ3) is 2.84. The summed E-state index contributed by atoms with van der Waals surface area (Å²) < 4.78 is 0. The SMILES string of the molecule is CNCC(C)C(=O)Nc1cnc2ccccc2c1. The first-order chi connectivity index (χ1) is 8.70. The molecule has 0 spiro atoms. The zero-order chi connectivity index (χ0) is 13.0. The second-order valence-electron chi connectivity index (χ2n) is 4.36. The number of amides is 1. The maximum atomic E-state index is 11.9. The second-order valence-corrected chi connectivity index (χ2v) is 4.36. The zero-order valence-corrected chi connectivity index (χ0v) is 10.6. The van der Waals surface area contributed by atoms with Gasteiger partial charge in [-0.05, 0) is 19.2 Å². The van der Waals surface area contributed by atoms with Gasteiger partial charge in [-0.15, -0.1) is 0 Å². The first-order valence-electron chi connectivity index (χ1n) is 6.01. The lowest BCUT2D eigenvalue weighted by atomic mass is 10.1. The first-order valence-corrected chi connectivity index (χ1v) is 6.01. The molecule has 1 aromatic carbocycles. The standard InChI is InChI=1S/C14H17N3O/c1-10(8-15-2)14(18)17-12-7-11-5-3-4-6-13(11)16-9-12/h3-7,9-10,15H,8H2,1-2H3,(H,17,18). The molecular formula is C14H17N3O. The lowest BCUT2D eigenvalue weighted by molar-refractivity contribution is -0.119. The van der Waals surface area contributed by atoms with Gasteiger partial charge in [0.1, 0.15) is 0 Å². The third-order valence-corrected chi connectivity index (χ3v) is 2.82. The number of benzene rings is 1. The van der Waals surface area contributed by atoms with Crippen molar-refractivity contribution in [3.8, 4) is 0 Å².